The molecule has 1 unspecified atom stereocenters. The van der Waals surface area contributed by atoms with Gasteiger partial charge in [-0.15, -0.1) is 0 Å². The van der Waals surface area contributed by atoms with Crippen LogP contribution >= 0.6 is 11.6 Å². The first kappa shape index (κ1) is 12.5. The molecule has 1 rings (SSSR count). The van der Waals surface area contributed by atoms with Gasteiger partial charge in [0.15, 0.2) is 0 Å². The summed E-state index contributed by atoms with van der Waals surface area (Å²) < 4.78 is 0. The van der Waals surface area contributed by atoms with Crippen molar-refractivity contribution in [3.63, 3.8) is 0 Å². The van der Waals surface area contributed by atoms with Gasteiger partial charge in [0.1, 0.15) is 0 Å². The van der Waals surface area contributed by atoms with Gasteiger partial charge in [-0.25, -0.2) is 0 Å². The minimum atomic E-state index is 0.320. The van der Waals surface area contributed by atoms with E-state index >= 15 is 0 Å². The highest BCUT2D eigenvalue weighted by Gasteiger charge is 2.10. The predicted molar refractivity (Wildman–Crippen MR) is 67.4 cm³/mol. The molecule has 2 heteroatoms. The van der Waals surface area contributed by atoms with Crippen LogP contribution in [0.5, 0.6) is 0 Å². The number of nitrogens with one attached hydrogen (secondary N) is 1. The third-order valence-electron chi connectivity index (χ3n) is 2.63. The summed E-state index contributed by atoms with van der Waals surface area (Å²) in [6.07, 6.45) is 2.41. The van der Waals surface area contributed by atoms with Crippen LogP contribution in [0.4, 0.5) is 0 Å². The van der Waals surface area contributed by atoms with Crippen LogP contribution in [-0.2, 0) is 0 Å². The van der Waals surface area contributed by atoms with Crippen molar-refractivity contribution in [2.45, 2.75) is 45.7 Å². The van der Waals surface area contributed by atoms with Gasteiger partial charge in [-0.1, -0.05) is 43.1 Å². The minimum absolute atomic E-state index is 0.320. The Bertz CT molecular complexity index is 298. The van der Waals surface area contributed by atoms with E-state index in [2.05, 4.69) is 32.2 Å². The Morgan fingerprint density at radius 1 is 1.27 bits per heavy atom. The van der Waals surface area contributed by atoms with E-state index in [1.807, 2.05) is 18.2 Å². The van der Waals surface area contributed by atoms with Gasteiger partial charge in [0.25, 0.3) is 0 Å². The van der Waals surface area contributed by atoms with E-state index in [9.17, 15) is 0 Å². The maximum Gasteiger partial charge on any atom is 0.0453 e. The lowest BCUT2D eigenvalue weighted by Crippen LogP contribution is -2.28. The molecule has 0 bridgehead atoms. The van der Waals surface area contributed by atoms with Crippen molar-refractivity contribution in [1.82, 2.24) is 5.32 Å². The fourth-order valence-corrected chi connectivity index (χ4v) is 2.16. The molecule has 0 spiro atoms. The third kappa shape index (κ3) is 3.84. The Kier molecular flexibility index (Phi) is 5.13. The van der Waals surface area contributed by atoms with Crippen LogP contribution in [0.25, 0.3) is 0 Å². The molecule has 15 heavy (non-hydrogen) atoms. The molecule has 0 amide bonds. The lowest BCUT2D eigenvalue weighted by atomic mass is 10.1. The number of benzene rings is 1. The average molecular weight is 226 g/mol. The molecule has 0 saturated heterocycles. The van der Waals surface area contributed by atoms with Gasteiger partial charge in [-0.05, 0) is 31.9 Å². The number of rotatable bonds is 5. The molecule has 0 saturated carbocycles. The SMILES string of the molecule is CCCC(C)N[C@@H](C)c1ccccc1Cl. The van der Waals surface area contributed by atoms with Crippen molar-refractivity contribution in [1.29, 1.82) is 0 Å². The van der Waals surface area contributed by atoms with Gasteiger partial charge in [-0.3, -0.25) is 0 Å². The molecule has 0 heterocycles. The molecule has 1 nitrogen and oxygen atoms in total. The highest BCUT2D eigenvalue weighted by atomic mass is 35.5. The maximum atomic E-state index is 6.14. The number of halogens is 1. The van der Waals surface area contributed by atoms with Crippen LogP contribution in [0.2, 0.25) is 5.02 Å². The predicted octanol–water partition coefficient (Wildman–Crippen LogP) is 4.18. The Balaban J connectivity index is 2.61. The fourth-order valence-electron chi connectivity index (χ4n) is 1.86. The van der Waals surface area contributed by atoms with Crippen molar-refractivity contribution in [3.8, 4) is 0 Å². The molecule has 1 aromatic rings. The fraction of sp³-hybridized carbons (Fsp3) is 0.538. The lowest BCUT2D eigenvalue weighted by molar-refractivity contribution is 0.453. The Labute approximate surface area is 97.8 Å². The standard InChI is InChI=1S/C13H20ClN/c1-4-7-10(2)15-11(3)12-8-5-6-9-13(12)14/h5-6,8-11,15H,4,7H2,1-3H3/t10?,11-/m0/s1. The van der Waals surface area contributed by atoms with E-state index in [1.54, 1.807) is 0 Å². The summed E-state index contributed by atoms with van der Waals surface area (Å²) in [5.74, 6) is 0. The van der Waals surface area contributed by atoms with Crippen molar-refractivity contribution in [2.75, 3.05) is 0 Å². The third-order valence-corrected chi connectivity index (χ3v) is 2.97. The molecule has 0 aliphatic heterocycles. The smallest absolute Gasteiger partial charge is 0.0453 e. The highest BCUT2D eigenvalue weighted by molar-refractivity contribution is 6.31. The average Bonchev–Trinajstić information content (AvgIpc) is 2.18. The molecule has 0 aliphatic carbocycles. The topological polar surface area (TPSA) is 12.0 Å². The highest BCUT2D eigenvalue weighted by Crippen LogP contribution is 2.22. The molecule has 0 aromatic heterocycles. The second-order valence-electron chi connectivity index (χ2n) is 4.10. The lowest BCUT2D eigenvalue weighted by Gasteiger charge is -2.20. The van der Waals surface area contributed by atoms with Crippen LogP contribution in [0.1, 0.15) is 45.2 Å². The largest absolute Gasteiger partial charge is 0.308 e. The number of hydrogen-bond acceptors (Lipinski definition) is 1. The van der Waals surface area contributed by atoms with Crippen molar-refractivity contribution >= 4 is 11.6 Å². The summed E-state index contributed by atoms with van der Waals surface area (Å²) in [5, 5.41) is 4.40. The zero-order valence-corrected chi connectivity index (χ0v) is 10.5. The van der Waals surface area contributed by atoms with Crippen molar-refractivity contribution in [2.24, 2.45) is 0 Å². The second kappa shape index (κ2) is 6.14. The van der Waals surface area contributed by atoms with Gasteiger partial charge in [-0.2, -0.15) is 0 Å². The van der Waals surface area contributed by atoms with E-state index in [0.717, 1.165) is 5.02 Å². The van der Waals surface area contributed by atoms with E-state index < -0.39 is 0 Å². The first-order valence-corrected chi connectivity index (χ1v) is 6.03. The van der Waals surface area contributed by atoms with Gasteiger partial charge in [0.2, 0.25) is 0 Å². The molecular weight excluding hydrogens is 206 g/mol. The van der Waals surface area contributed by atoms with Gasteiger partial charge in [0.05, 0.1) is 0 Å². The molecule has 1 N–H and O–H groups in total. The molecule has 84 valence electrons. The second-order valence-corrected chi connectivity index (χ2v) is 4.51. The summed E-state index contributed by atoms with van der Waals surface area (Å²) >= 11 is 6.14. The van der Waals surface area contributed by atoms with Gasteiger partial charge in [0, 0.05) is 17.1 Å². The van der Waals surface area contributed by atoms with Crippen LogP contribution in [-0.4, -0.2) is 6.04 Å². The number of hydrogen-bond donors (Lipinski definition) is 1. The monoisotopic (exact) mass is 225 g/mol. The van der Waals surface area contributed by atoms with Crippen LogP contribution in [0, 0.1) is 0 Å². The first-order valence-electron chi connectivity index (χ1n) is 5.65. The molecule has 0 aliphatic rings. The Morgan fingerprint density at radius 3 is 2.53 bits per heavy atom. The summed E-state index contributed by atoms with van der Waals surface area (Å²) in [6.45, 7) is 6.59. The molecule has 0 radical (unpaired) electrons. The van der Waals surface area contributed by atoms with E-state index in [0.29, 0.717) is 12.1 Å². The van der Waals surface area contributed by atoms with E-state index in [1.165, 1.54) is 18.4 Å². The first-order chi connectivity index (χ1) is 7.15. The summed E-state index contributed by atoms with van der Waals surface area (Å²) in [7, 11) is 0. The normalized spacial score (nSPS) is 14.9. The van der Waals surface area contributed by atoms with Crippen LogP contribution < -0.4 is 5.32 Å². The zero-order chi connectivity index (χ0) is 11.3. The molecular formula is C13H20ClN. The summed E-state index contributed by atoms with van der Waals surface area (Å²) in [6, 6.07) is 8.89. The molecule has 1 aromatic carbocycles. The molecule has 2 atom stereocenters. The van der Waals surface area contributed by atoms with Crippen molar-refractivity contribution in [3.05, 3.63) is 34.9 Å². The summed E-state index contributed by atoms with van der Waals surface area (Å²) in [4.78, 5) is 0. The maximum absolute atomic E-state index is 6.14. The quantitative estimate of drug-likeness (QED) is 0.793. The van der Waals surface area contributed by atoms with Crippen molar-refractivity contribution < 1.29 is 0 Å². The minimum Gasteiger partial charge on any atom is -0.308 e. The Hall–Kier alpha value is -0.530. The molecule has 0 fully saturated rings. The van der Waals surface area contributed by atoms with E-state index in [-0.39, 0.29) is 0 Å². The van der Waals surface area contributed by atoms with Crippen LogP contribution in [0.15, 0.2) is 24.3 Å². The Morgan fingerprint density at radius 2 is 1.93 bits per heavy atom. The van der Waals surface area contributed by atoms with E-state index in [4.69, 9.17) is 11.6 Å². The van der Waals surface area contributed by atoms with Gasteiger partial charge >= 0.3 is 0 Å². The van der Waals surface area contributed by atoms with Gasteiger partial charge < -0.3 is 5.32 Å². The summed E-state index contributed by atoms with van der Waals surface area (Å²) in [5.41, 5.74) is 1.18. The van der Waals surface area contributed by atoms with Crippen LogP contribution in [0.3, 0.4) is 0 Å². The zero-order valence-electron chi connectivity index (χ0n) is 9.76.